The number of methoxy groups -OCH3 is 1. The van der Waals surface area contributed by atoms with Gasteiger partial charge >= 0.3 is 6.09 Å². The quantitative estimate of drug-likeness (QED) is 0.759. The second-order valence-corrected chi connectivity index (χ2v) is 6.66. The van der Waals surface area contributed by atoms with Crippen LogP contribution in [0.5, 0.6) is 5.75 Å². The average molecular weight is 370 g/mol. The van der Waals surface area contributed by atoms with Gasteiger partial charge in [-0.25, -0.2) is 9.18 Å². The molecule has 2 rings (SSSR count). The molecule has 0 aliphatic rings. The molecule has 0 aliphatic heterocycles. The maximum Gasteiger partial charge on any atom is 0.419 e. The monoisotopic (exact) mass is 369 g/mol. The van der Waals surface area contributed by atoms with Crippen molar-refractivity contribution >= 4 is 22.0 Å². The molecule has 0 atom stereocenters. The Kier molecular flexibility index (Phi) is 4.60. The van der Waals surface area contributed by atoms with Crippen molar-refractivity contribution in [3.05, 3.63) is 40.8 Å². The van der Waals surface area contributed by atoms with Crippen LogP contribution in [0.3, 0.4) is 0 Å². The summed E-state index contributed by atoms with van der Waals surface area (Å²) in [6, 6.07) is 6.02. The summed E-state index contributed by atoms with van der Waals surface area (Å²) in [7, 11) is 1.50. The zero-order valence-corrected chi connectivity index (χ0v) is 14.4. The summed E-state index contributed by atoms with van der Waals surface area (Å²) in [4.78, 5) is 12.3. The van der Waals surface area contributed by atoms with Gasteiger partial charge in [0.1, 0.15) is 17.2 Å². The number of aromatic nitrogens is 1. The lowest BCUT2D eigenvalue weighted by atomic mass is 10.1. The van der Waals surface area contributed by atoms with Crippen LogP contribution in [0.1, 0.15) is 20.8 Å². The van der Waals surface area contributed by atoms with Crippen molar-refractivity contribution in [2.75, 3.05) is 7.11 Å². The first-order valence-electron chi connectivity index (χ1n) is 6.66. The van der Waals surface area contributed by atoms with E-state index in [-0.39, 0.29) is 5.56 Å². The number of hydrogen-bond acceptors (Lipinski definition) is 3. The summed E-state index contributed by atoms with van der Waals surface area (Å²) in [6.07, 6.45) is 0.970. The Bertz CT molecular complexity index is 704. The number of benzene rings is 1. The lowest BCUT2D eigenvalue weighted by Crippen LogP contribution is -2.27. The molecule has 1 aromatic carbocycles. The topological polar surface area (TPSA) is 40.5 Å². The molecule has 118 valence electrons. The molecule has 0 amide bonds. The zero-order valence-electron chi connectivity index (χ0n) is 12.8. The maximum atomic E-state index is 14.1. The molecule has 6 heteroatoms. The number of carbonyl (C=O) groups excluding carboxylic acids is 1. The van der Waals surface area contributed by atoms with Gasteiger partial charge in [0.05, 0.1) is 12.8 Å². The van der Waals surface area contributed by atoms with Gasteiger partial charge < -0.3 is 9.47 Å². The van der Waals surface area contributed by atoms with Gasteiger partial charge in [-0.05, 0) is 61.0 Å². The molecule has 0 saturated heterocycles. The fourth-order valence-electron chi connectivity index (χ4n) is 1.93. The third kappa shape index (κ3) is 3.68. The minimum Gasteiger partial charge on any atom is -0.497 e. The van der Waals surface area contributed by atoms with E-state index in [1.54, 1.807) is 33.0 Å². The van der Waals surface area contributed by atoms with E-state index in [1.807, 2.05) is 0 Å². The molecule has 0 bridgehead atoms. The molecule has 0 saturated carbocycles. The summed E-state index contributed by atoms with van der Waals surface area (Å²) < 4.78 is 26.5. The van der Waals surface area contributed by atoms with Crippen LogP contribution in [-0.4, -0.2) is 23.4 Å². The smallest absolute Gasteiger partial charge is 0.419 e. The third-order valence-corrected chi connectivity index (χ3v) is 3.26. The number of ether oxygens (including phenoxy) is 2. The van der Waals surface area contributed by atoms with E-state index in [1.165, 1.54) is 29.9 Å². The van der Waals surface area contributed by atoms with Gasteiger partial charge in [0, 0.05) is 16.2 Å². The van der Waals surface area contributed by atoms with Gasteiger partial charge in [-0.15, -0.1) is 0 Å². The van der Waals surface area contributed by atoms with Crippen LogP contribution in [0.4, 0.5) is 9.18 Å². The largest absolute Gasteiger partial charge is 0.497 e. The van der Waals surface area contributed by atoms with Gasteiger partial charge in [-0.2, -0.15) is 0 Å². The number of halogens is 2. The number of hydrogen-bond donors (Lipinski definition) is 0. The predicted octanol–water partition coefficient (Wildman–Crippen LogP) is 4.85. The van der Waals surface area contributed by atoms with Crippen molar-refractivity contribution in [2.45, 2.75) is 26.4 Å². The normalized spacial score (nSPS) is 11.4. The van der Waals surface area contributed by atoms with E-state index in [0.717, 1.165) is 0 Å². The first-order valence-corrected chi connectivity index (χ1v) is 7.46. The molecular formula is C16H17BrFNO3. The van der Waals surface area contributed by atoms with E-state index in [4.69, 9.17) is 9.47 Å². The van der Waals surface area contributed by atoms with Crippen LogP contribution in [0, 0.1) is 5.82 Å². The third-order valence-electron chi connectivity index (χ3n) is 2.83. The zero-order chi connectivity index (χ0) is 16.5. The fourth-order valence-corrected chi connectivity index (χ4v) is 2.35. The van der Waals surface area contributed by atoms with Gasteiger partial charge in [-0.3, -0.25) is 4.57 Å². The lowest BCUT2D eigenvalue weighted by molar-refractivity contribution is 0.0540. The molecule has 1 aromatic heterocycles. The van der Waals surface area contributed by atoms with Crippen molar-refractivity contribution in [1.29, 1.82) is 0 Å². The summed E-state index contributed by atoms with van der Waals surface area (Å²) in [6.45, 7) is 5.32. The van der Waals surface area contributed by atoms with E-state index in [0.29, 0.717) is 15.9 Å². The lowest BCUT2D eigenvalue weighted by Gasteiger charge is -2.20. The summed E-state index contributed by atoms with van der Waals surface area (Å²) in [5, 5.41) is 0. The second-order valence-electron chi connectivity index (χ2n) is 5.74. The molecule has 0 aliphatic carbocycles. The second kappa shape index (κ2) is 6.12. The van der Waals surface area contributed by atoms with Gasteiger partial charge in [0.2, 0.25) is 0 Å². The number of nitrogens with zero attached hydrogens (tertiary/aromatic N) is 1. The van der Waals surface area contributed by atoms with Crippen LogP contribution in [-0.2, 0) is 4.74 Å². The van der Waals surface area contributed by atoms with Crippen LogP contribution >= 0.6 is 15.9 Å². The molecule has 0 spiro atoms. The van der Waals surface area contributed by atoms with Crippen LogP contribution in [0.2, 0.25) is 0 Å². The van der Waals surface area contributed by atoms with Crippen LogP contribution in [0.15, 0.2) is 34.9 Å². The van der Waals surface area contributed by atoms with Crippen molar-refractivity contribution in [3.63, 3.8) is 0 Å². The van der Waals surface area contributed by atoms with Crippen molar-refractivity contribution in [2.24, 2.45) is 0 Å². The molecular weight excluding hydrogens is 353 g/mol. The summed E-state index contributed by atoms with van der Waals surface area (Å²) in [5.74, 6) is 0.0562. The van der Waals surface area contributed by atoms with E-state index in [9.17, 15) is 9.18 Å². The van der Waals surface area contributed by atoms with Gasteiger partial charge in [0.15, 0.2) is 0 Å². The fraction of sp³-hybridized carbons (Fsp3) is 0.312. The Labute approximate surface area is 137 Å². The Balaban J connectivity index is 2.51. The first-order chi connectivity index (χ1) is 10.2. The summed E-state index contributed by atoms with van der Waals surface area (Å²) in [5.41, 5.74) is 0.00585. The van der Waals surface area contributed by atoms with Crippen molar-refractivity contribution in [3.8, 4) is 17.0 Å². The Morgan fingerprint density at radius 1 is 1.27 bits per heavy atom. The number of rotatable bonds is 2. The number of carbonyl (C=O) groups is 1. The summed E-state index contributed by atoms with van der Waals surface area (Å²) >= 11 is 3.31. The highest BCUT2D eigenvalue weighted by atomic mass is 79.9. The maximum absolute atomic E-state index is 14.1. The first kappa shape index (κ1) is 16.5. The Morgan fingerprint density at radius 2 is 1.95 bits per heavy atom. The van der Waals surface area contributed by atoms with E-state index >= 15 is 0 Å². The SMILES string of the molecule is COc1ccc(F)c(-c2cc(Br)cn2C(=O)OC(C)(C)C)c1. The van der Waals surface area contributed by atoms with Crippen molar-refractivity contribution in [1.82, 2.24) is 4.57 Å². The molecule has 0 N–H and O–H groups in total. The predicted molar refractivity (Wildman–Crippen MR) is 85.7 cm³/mol. The highest BCUT2D eigenvalue weighted by Gasteiger charge is 2.22. The average Bonchev–Trinajstić information content (AvgIpc) is 2.79. The molecule has 2 aromatic rings. The van der Waals surface area contributed by atoms with Crippen molar-refractivity contribution < 1.29 is 18.7 Å². The van der Waals surface area contributed by atoms with Gasteiger partial charge in [0.25, 0.3) is 0 Å². The minimum atomic E-state index is -0.641. The molecule has 0 fully saturated rings. The Hall–Kier alpha value is -1.82. The van der Waals surface area contributed by atoms with E-state index < -0.39 is 17.5 Å². The highest BCUT2D eigenvalue weighted by Crippen LogP contribution is 2.31. The Morgan fingerprint density at radius 3 is 2.55 bits per heavy atom. The highest BCUT2D eigenvalue weighted by molar-refractivity contribution is 9.10. The molecule has 0 radical (unpaired) electrons. The molecule has 4 nitrogen and oxygen atoms in total. The standard InChI is InChI=1S/C16H17BrFNO3/c1-16(2,3)22-15(20)19-9-10(17)7-14(19)12-8-11(21-4)5-6-13(12)18/h5-9H,1-4H3. The molecule has 0 unspecified atom stereocenters. The van der Waals surface area contributed by atoms with Crippen LogP contribution in [0.25, 0.3) is 11.3 Å². The molecule has 22 heavy (non-hydrogen) atoms. The molecule has 1 heterocycles. The van der Waals surface area contributed by atoms with Crippen LogP contribution < -0.4 is 4.74 Å². The van der Waals surface area contributed by atoms with E-state index in [2.05, 4.69) is 15.9 Å². The minimum absolute atomic E-state index is 0.260. The van der Waals surface area contributed by atoms with Gasteiger partial charge in [-0.1, -0.05) is 0 Å².